The topological polar surface area (TPSA) is 94.2 Å². The molecule has 0 radical (unpaired) electrons. The Bertz CT molecular complexity index is 1130. The van der Waals surface area contributed by atoms with E-state index in [4.69, 9.17) is 4.74 Å². The fourth-order valence-electron chi connectivity index (χ4n) is 4.85. The SMILES string of the molecule is COCCCNC(=O)CN1CN(c2ccccc2)C2(CCN(C(=O)Nc3ccc(F)c(F)c3)CC2)C1=O. The molecule has 2 aromatic rings. The van der Waals surface area contributed by atoms with Gasteiger partial charge in [-0.15, -0.1) is 0 Å². The molecule has 11 heteroatoms. The highest BCUT2D eigenvalue weighted by molar-refractivity contribution is 5.96. The molecule has 0 aromatic heterocycles. The zero-order valence-corrected chi connectivity index (χ0v) is 20.7. The van der Waals surface area contributed by atoms with Crippen LogP contribution in [-0.2, 0) is 14.3 Å². The van der Waals surface area contributed by atoms with Crippen LogP contribution in [0.5, 0.6) is 0 Å². The molecule has 37 heavy (non-hydrogen) atoms. The van der Waals surface area contributed by atoms with Crippen LogP contribution in [0.15, 0.2) is 48.5 Å². The third-order valence-corrected chi connectivity index (χ3v) is 6.81. The van der Waals surface area contributed by atoms with Crippen molar-refractivity contribution in [2.75, 3.05) is 56.8 Å². The van der Waals surface area contributed by atoms with Crippen LogP contribution in [0.25, 0.3) is 0 Å². The Balaban J connectivity index is 1.44. The fraction of sp³-hybridized carbons (Fsp3) is 0.423. The van der Waals surface area contributed by atoms with E-state index in [1.165, 1.54) is 6.07 Å². The predicted octanol–water partition coefficient (Wildman–Crippen LogP) is 2.79. The van der Waals surface area contributed by atoms with Crippen LogP contribution in [-0.4, -0.2) is 79.7 Å². The number of carbonyl (C=O) groups excluding carboxylic acids is 3. The summed E-state index contributed by atoms with van der Waals surface area (Å²) in [5.74, 6) is -2.43. The minimum Gasteiger partial charge on any atom is -0.385 e. The first-order valence-electron chi connectivity index (χ1n) is 12.2. The lowest BCUT2D eigenvalue weighted by Gasteiger charge is -2.43. The first-order chi connectivity index (χ1) is 17.8. The molecule has 2 fully saturated rings. The molecular weight excluding hydrogens is 484 g/mol. The molecule has 0 unspecified atom stereocenters. The van der Waals surface area contributed by atoms with Crippen LogP contribution in [0, 0.1) is 11.6 Å². The minimum absolute atomic E-state index is 0.0583. The van der Waals surface area contributed by atoms with Gasteiger partial charge >= 0.3 is 6.03 Å². The summed E-state index contributed by atoms with van der Waals surface area (Å²) < 4.78 is 31.7. The Hall–Kier alpha value is -3.73. The van der Waals surface area contributed by atoms with Gasteiger partial charge < -0.3 is 30.1 Å². The number of carbonyl (C=O) groups is 3. The number of ether oxygens (including phenoxy) is 1. The largest absolute Gasteiger partial charge is 0.385 e. The number of rotatable bonds is 8. The first kappa shape index (κ1) is 26.3. The van der Waals surface area contributed by atoms with E-state index in [9.17, 15) is 23.2 Å². The van der Waals surface area contributed by atoms with Crippen molar-refractivity contribution in [1.82, 2.24) is 15.1 Å². The van der Waals surface area contributed by atoms with Crippen LogP contribution < -0.4 is 15.5 Å². The van der Waals surface area contributed by atoms with E-state index in [2.05, 4.69) is 10.6 Å². The van der Waals surface area contributed by atoms with Gasteiger partial charge in [-0.05, 0) is 43.5 Å². The van der Waals surface area contributed by atoms with Gasteiger partial charge in [-0.1, -0.05) is 18.2 Å². The number of nitrogens with zero attached hydrogens (tertiary/aromatic N) is 3. The summed E-state index contributed by atoms with van der Waals surface area (Å²) in [5.41, 5.74) is 0.115. The monoisotopic (exact) mass is 515 g/mol. The van der Waals surface area contributed by atoms with Crippen molar-refractivity contribution in [1.29, 1.82) is 0 Å². The van der Waals surface area contributed by atoms with Crippen molar-refractivity contribution >= 4 is 29.2 Å². The van der Waals surface area contributed by atoms with Crippen LogP contribution >= 0.6 is 0 Å². The number of para-hydroxylation sites is 1. The molecule has 2 aliphatic heterocycles. The number of amides is 4. The zero-order chi connectivity index (χ0) is 26.4. The van der Waals surface area contributed by atoms with Crippen molar-refractivity contribution in [3.05, 3.63) is 60.2 Å². The summed E-state index contributed by atoms with van der Waals surface area (Å²) in [7, 11) is 1.60. The van der Waals surface area contributed by atoms with E-state index in [-0.39, 0.29) is 43.8 Å². The molecule has 0 bridgehead atoms. The van der Waals surface area contributed by atoms with Gasteiger partial charge in [0.25, 0.3) is 5.91 Å². The first-order valence-corrected chi connectivity index (χ1v) is 12.2. The number of hydrogen-bond donors (Lipinski definition) is 2. The van der Waals surface area contributed by atoms with E-state index in [1.54, 1.807) is 16.9 Å². The molecule has 2 heterocycles. The molecule has 0 saturated carbocycles. The Morgan fingerprint density at radius 3 is 2.46 bits per heavy atom. The van der Waals surface area contributed by atoms with Gasteiger partial charge in [-0.3, -0.25) is 9.59 Å². The molecule has 0 aliphatic carbocycles. The summed E-state index contributed by atoms with van der Waals surface area (Å²) in [4.78, 5) is 44.1. The molecule has 0 atom stereocenters. The van der Waals surface area contributed by atoms with Gasteiger partial charge in [0.15, 0.2) is 11.6 Å². The summed E-state index contributed by atoms with van der Waals surface area (Å²) in [6, 6.07) is 12.2. The predicted molar refractivity (Wildman–Crippen MR) is 134 cm³/mol. The normalized spacial score (nSPS) is 16.8. The third kappa shape index (κ3) is 5.82. The smallest absolute Gasteiger partial charge is 0.321 e. The quantitative estimate of drug-likeness (QED) is 0.528. The van der Waals surface area contributed by atoms with E-state index in [0.29, 0.717) is 32.4 Å². The molecule has 1 spiro atoms. The maximum Gasteiger partial charge on any atom is 0.321 e. The number of benzene rings is 2. The Morgan fingerprint density at radius 2 is 1.78 bits per heavy atom. The van der Waals surface area contributed by atoms with Crippen LogP contribution in [0.3, 0.4) is 0 Å². The number of halogens is 2. The zero-order valence-electron chi connectivity index (χ0n) is 20.7. The van der Waals surface area contributed by atoms with Gasteiger partial charge in [0.05, 0.1) is 6.67 Å². The lowest BCUT2D eigenvalue weighted by Crippen LogP contribution is -2.58. The Morgan fingerprint density at radius 1 is 1.05 bits per heavy atom. The second kappa shape index (κ2) is 11.5. The second-order valence-electron chi connectivity index (χ2n) is 9.18. The minimum atomic E-state index is -1.05. The highest BCUT2D eigenvalue weighted by Crippen LogP contribution is 2.39. The number of likely N-dealkylation sites (tertiary alicyclic amines) is 1. The molecule has 2 saturated heterocycles. The number of anilines is 2. The number of hydrogen-bond acceptors (Lipinski definition) is 5. The fourth-order valence-corrected chi connectivity index (χ4v) is 4.85. The second-order valence-corrected chi connectivity index (χ2v) is 9.18. The van der Waals surface area contributed by atoms with Gasteiger partial charge in [0, 0.05) is 50.8 Å². The van der Waals surface area contributed by atoms with E-state index in [0.717, 1.165) is 17.8 Å². The number of methoxy groups -OCH3 is 1. The summed E-state index contributed by atoms with van der Waals surface area (Å²) in [6.45, 7) is 1.76. The van der Waals surface area contributed by atoms with Crippen molar-refractivity contribution in [3.63, 3.8) is 0 Å². The molecule has 4 rings (SSSR count). The van der Waals surface area contributed by atoms with E-state index in [1.807, 2.05) is 35.2 Å². The summed E-state index contributed by atoms with van der Waals surface area (Å²) >= 11 is 0. The van der Waals surface area contributed by atoms with Crippen LogP contribution in [0.1, 0.15) is 19.3 Å². The van der Waals surface area contributed by atoms with Crippen molar-refractivity contribution in [3.8, 4) is 0 Å². The lowest BCUT2D eigenvalue weighted by molar-refractivity contribution is -0.137. The molecule has 2 aliphatic rings. The molecule has 2 aromatic carbocycles. The Labute approximate surface area is 214 Å². The highest BCUT2D eigenvalue weighted by atomic mass is 19.2. The maximum absolute atomic E-state index is 13.7. The summed E-state index contributed by atoms with van der Waals surface area (Å²) in [5, 5.41) is 5.41. The molecular formula is C26H31F2N5O4. The number of urea groups is 1. The lowest BCUT2D eigenvalue weighted by atomic mass is 9.85. The number of nitrogens with one attached hydrogen (secondary N) is 2. The van der Waals surface area contributed by atoms with E-state index >= 15 is 0 Å². The van der Waals surface area contributed by atoms with Gasteiger partial charge in [0.1, 0.15) is 12.1 Å². The van der Waals surface area contributed by atoms with E-state index < -0.39 is 23.2 Å². The van der Waals surface area contributed by atoms with Crippen molar-refractivity contribution < 1.29 is 27.9 Å². The van der Waals surface area contributed by atoms with Crippen LogP contribution in [0.2, 0.25) is 0 Å². The third-order valence-electron chi connectivity index (χ3n) is 6.81. The molecule has 2 N–H and O–H groups in total. The van der Waals surface area contributed by atoms with Crippen molar-refractivity contribution in [2.24, 2.45) is 0 Å². The van der Waals surface area contributed by atoms with Crippen molar-refractivity contribution in [2.45, 2.75) is 24.8 Å². The average Bonchev–Trinajstić information content (AvgIpc) is 3.15. The average molecular weight is 516 g/mol. The molecule has 9 nitrogen and oxygen atoms in total. The molecule has 4 amide bonds. The number of piperidine rings is 1. The molecule has 198 valence electrons. The van der Waals surface area contributed by atoms with Gasteiger partial charge in [-0.25, -0.2) is 13.6 Å². The highest BCUT2D eigenvalue weighted by Gasteiger charge is 2.54. The van der Waals surface area contributed by atoms with Crippen LogP contribution in [0.4, 0.5) is 25.0 Å². The van der Waals surface area contributed by atoms with Gasteiger partial charge in [-0.2, -0.15) is 0 Å². The maximum atomic E-state index is 13.7. The summed E-state index contributed by atoms with van der Waals surface area (Å²) in [6.07, 6.45) is 1.40. The Kier molecular flexibility index (Phi) is 8.22. The standard InChI is InChI=1S/C26H31F2N5O4/c1-37-15-5-12-29-23(34)17-32-18-33(20-6-3-2-4-7-20)26(24(32)35)10-13-31(14-11-26)25(36)30-19-8-9-21(27)22(28)16-19/h2-4,6-9,16H,5,10-15,17-18H2,1H3,(H,29,34)(H,30,36). The van der Waals surface area contributed by atoms with Gasteiger partial charge in [0.2, 0.25) is 5.91 Å².